The van der Waals surface area contributed by atoms with Crippen LogP contribution in [0.1, 0.15) is 22.3 Å². The fourth-order valence-corrected chi connectivity index (χ4v) is 3.72. The van der Waals surface area contributed by atoms with Gasteiger partial charge in [-0.05, 0) is 50.3 Å². The molecular formula is C25H24N4O3. The van der Waals surface area contributed by atoms with E-state index in [1.807, 2.05) is 69.6 Å². The normalized spacial score (nSPS) is 14.2. The molecule has 4 rings (SSSR count). The molecule has 1 amide bonds. The molecule has 3 aromatic carbocycles. The lowest BCUT2D eigenvalue weighted by molar-refractivity contribution is -0.384. The summed E-state index contributed by atoms with van der Waals surface area (Å²) < 4.78 is 0. The lowest BCUT2D eigenvalue weighted by atomic mass is 9.99. The highest BCUT2D eigenvalue weighted by Crippen LogP contribution is 2.39. The van der Waals surface area contributed by atoms with Gasteiger partial charge in [0.25, 0.3) is 11.6 Å². The highest BCUT2D eigenvalue weighted by molar-refractivity contribution is 6.37. The molecule has 1 aliphatic rings. The van der Waals surface area contributed by atoms with Gasteiger partial charge >= 0.3 is 0 Å². The number of nitrogens with zero attached hydrogens (tertiary/aromatic N) is 2. The highest BCUT2D eigenvalue weighted by atomic mass is 16.6. The number of nitro benzene ring substituents is 1. The Hall–Kier alpha value is -3.97. The first-order valence-electron chi connectivity index (χ1n) is 10.2. The lowest BCUT2D eigenvalue weighted by Crippen LogP contribution is -2.11. The maximum Gasteiger partial charge on any atom is 0.270 e. The summed E-state index contributed by atoms with van der Waals surface area (Å²) in [4.78, 5) is 25.9. The summed E-state index contributed by atoms with van der Waals surface area (Å²) in [7, 11) is 4.03. The Morgan fingerprint density at radius 2 is 1.72 bits per heavy atom. The van der Waals surface area contributed by atoms with Crippen molar-refractivity contribution < 1.29 is 9.72 Å². The van der Waals surface area contributed by atoms with Gasteiger partial charge in [-0.1, -0.05) is 42.0 Å². The van der Waals surface area contributed by atoms with Gasteiger partial charge < -0.3 is 15.5 Å². The Morgan fingerprint density at radius 1 is 1.03 bits per heavy atom. The van der Waals surface area contributed by atoms with Crippen molar-refractivity contribution in [3.05, 3.63) is 99.1 Å². The van der Waals surface area contributed by atoms with Gasteiger partial charge in [0.15, 0.2) is 0 Å². The molecule has 0 atom stereocenters. The van der Waals surface area contributed by atoms with E-state index in [9.17, 15) is 14.9 Å². The second-order valence-corrected chi connectivity index (χ2v) is 8.12. The van der Waals surface area contributed by atoms with Crippen LogP contribution >= 0.6 is 0 Å². The average Bonchev–Trinajstić information content (AvgIpc) is 3.08. The zero-order valence-corrected chi connectivity index (χ0v) is 18.2. The Morgan fingerprint density at radius 3 is 2.34 bits per heavy atom. The number of rotatable bonds is 6. The number of anilines is 2. The van der Waals surface area contributed by atoms with E-state index in [1.54, 1.807) is 6.07 Å². The maximum absolute atomic E-state index is 13.0. The molecule has 0 saturated carbocycles. The number of carbonyl (C=O) groups is 1. The quantitative estimate of drug-likeness (QED) is 0.331. The third-order valence-electron chi connectivity index (χ3n) is 5.27. The Bertz CT molecular complexity index is 1210. The number of aryl methyl sites for hydroxylation is 1. The van der Waals surface area contributed by atoms with Crippen LogP contribution in [0, 0.1) is 17.0 Å². The second kappa shape index (κ2) is 8.64. The van der Waals surface area contributed by atoms with E-state index in [0.29, 0.717) is 22.5 Å². The second-order valence-electron chi connectivity index (χ2n) is 8.12. The van der Waals surface area contributed by atoms with Crippen molar-refractivity contribution in [1.29, 1.82) is 0 Å². The fraction of sp³-hybridized carbons (Fsp3) is 0.160. The van der Waals surface area contributed by atoms with Crippen LogP contribution in [0.15, 0.2) is 66.7 Å². The molecule has 2 N–H and O–H groups in total. The number of nitro groups is 1. The predicted molar refractivity (Wildman–Crippen MR) is 127 cm³/mol. The summed E-state index contributed by atoms with van der Waals surface area (Å²) in [5.74, 6) is -0.298. The van der Waals surface area contributed by atoms with Crippen LogP contribution in [-0.2, 0) is 11.3 Å². The van der Waals surface area contributed by atoms with Crippen molar-refractivity contribution in [2.24, 2.45) is 0 Å². The van der Waals surface area contributed by atoms with E-state index in [0.717, 1.165) is 23.4 Å². The minimum atomic E-state index is -0.455. The van der Waals surface area contributed by atoms with E-state index < -0.39 is 4.92 Å². The Labute approximate surface area is 186 Å². The van der Waals surface area contributed by atoms with Gasteiger partial charge in [-0.3, -0.25) is 14.9 Å². The first kappa shape index (κ1) is 21.3. The van der Waals surface area contributed by atoms with E-state index in [-0.39, 0.29) is 11.6 Å². The van der Waals surface area contributed by atoms with Crippen LogP contribution in [0.3, 0.4) is 0 Å². The smallest absolute Gasteiger partial charge is 0.270 e. The third kappa shape index (κ3) is 4.38. The van der Waals surface area contributed by atoms with Gasteiger partial charge in [0, 0.05) is 35.6 Å². The standard InChI is InChI=1S/C25H24N4O3/c1-16-4-8-18(9-5-16)24(26-19-10-6-17(7-11-19)15-28(2)3)23-21-14-20(29(31)32)12-13-22(21)27-25(23)30/h4-14,26H,15H2,1-3H3,(H,27,30)/b24-23-. The lowest BCUT2D eigenvalue weighted by Gasteiger charge is -2.16. The van der Waals surface area contributed by atoms with Crippen molar-refractivity contribution in [3.63, 3.8) is 0 Å². The van der Waals surface area contributed by atoms with Gasteiger partial charge in [0.2, 0.25) is 0 Å². The molecular weight excluding hydrogens is 404 g/mol. The highest BCUT2D eigenvalue weighted by Gasteiger charge is 2.30. The summed E-state index contributed by atoms with van der Waals surface area (Å²) in [6.07, 6.45) is 0. The Balaban J connectivity index is 1.83. The van der Waals surface area contributed by atoms with Crippen LogP contribution in [0.5, 0.6) is 0 Å². The van der Waals surface area contributed by atoms with E-state index in [4.69, 9.17) is 0 Å². The molecule has 0 spiro atoms. The minimum absolute atomic E-state index is 0.0611. The molecule has 32 heavy (non-hydrogen) atoms. The number of amides is 1. The van der Waals surface area contributed by atoms with Gasteiger partial charge in [-0.25, -0.2) is 0 Å². The fourth-order valence-electron chi connectivity index (χ4n) is 3.72. The number of nitrogens with one attached hydrogen (secondary N) is 2. The molecule has 7 nitrogen and oxygen atoms in total. The van der Waals surface area contributed by atoms with Crippen molar-refractivity contribution >= 4 is 34.2 Å². The van der Waals surface area contributed by atoms with Crippen LogP contribution in [0.4, 0.5) is 17.1 Å². The summed E-state index contributed by atoms with van der Waals surface area (Å²) in [5, 5.41) is 17.6. The first-order chi connectivity index (χ1) is 15.3. The maximum atomic E-state index is 13.0. The van der Waals surface area contributed by atoms with E-state index >= 15 is 0 Å². The van der Waals surface area contributed by atoms with Crippen molar-refractivity contribution in [2.75, 3.05) is 24.7 Å². The summed E-state index contributed by atoms with van der Waals surface area (Å²) in [6.45, 7) is 2.82. The number of non-ortho nitro benzene ring substituents is 1. The number of carbonyl (C=O) groups excluding carboxylic acids is 1. The van der Waals surface area contributed by atoms with Gasteiger partial charge in [0.1, 0.15) is 0 Å². The van der Waals surface area contributed by atoms with Crippen molar-refractivity contribution in [3.8, 4) is 0 Å². The summed E-state index contributed by atoms with van der Waals surface area (Å²) >= 11 is 0. The third-order valence-corrected chi connectivity index (χ3v) is 5.27. The number of hydrogen-bond donors (Lipinski definition) is 2. The molecule has 1 heterocycles. The number of fused-ring (bicyclic) bond motifs is 1. The van der Waals surface area contributed by atoms with E-state index in [1.165, 1.54) is 17.7 Å². The van der Waals surface area contributed by atoms with Crippen LogP contribution in [-0.4, -0.2) is 29.8 Å². The molecule has 0 radical (unpaired) electrons. The summed E-state index contributed by atoms with van der Waals surface area (Å²) in [6, 6.07) is 20.2. The molecule has 0 saturated heterocycles. The zero-order valence-electron chi connectivity index (χ0n) is 18.2. The average molecular weight is 428 g/mol. The zero-order chi connectivity index (χ0) is 22.8. The molecule has 7 heteroatoms. The molecule has 3 aromatic rings. The molecule has 162 valence electrons. The minimum Gasteiger partial charge on any atom is -0.354 e. The topological polar surface area (TPSA) is 87.5 Å². The van der Waals surface area contributed by atoms with Crippen molar-refractivity contribution in [1.82, 2.24) is 4.90 Å². The van der Waals surface area contributed by atoms with Crippen LogP contribution < -0.4 is 10.6 Å². The van der Waals surface area contributed by atoms with Gasteiger partial charge in [0.05, 0.1) is 16.2 Å². The molecule has 0 aliphatic carbocycles. The molecule has 1 aliphatic heterocycles. The summed E-state index contributed by atoms with van der Waals surface area (Å²) in [5.41, 5.74) is 5.89. The van der Waals surface area contributed by atoms with Crippen molar-refractivity contribution in [2.45, 2.75) is 13.5 Å². The van der Waals surface area contributed by atoms with Crippen LogP contribution in [0.2, 0.25) is 0 Å². The first-order valence-corrected chi connectivity index (χ1v) is 10.2. The van der Waals surface area contributed by atoms with Gasteiger partial charge in [-0.2, -0.15) is 0 Å². The van der Waals surface area contributed by atoms with Crippen LogP contribution in [0.25, 0.3) is 11.3 Å². The predicted octanol–water partition coefficient (Wildman–Crippen LogP) is 4.90. The number of benzene rings is 3. The molecule has 0 aromatic heterocycles. The SMILES string of the molecule is Cc1ccc(/C(Nc2ccc(CN(C)C)cc2)=C2/C(=O)Nc3ccc([N+](=O)[O-])cc32)cc1. The number of hydrogen-bond acceptors (Lipinski definition) is 5. The molecule has 0 fully saturated rings. The Kier molecular flexibility index (Phi) is 5.75. The molecule has 0 unspecified atom stereocenters. The monoisotopic (exact) mass is 428 g/mol. The van der Waals surface area contributed by atoms with Gasteiger partial charge in [-0.15, -0.1) is 0 Å². The largest absolute Gasteiger partial charge is 0.354 e. The molecule has 0 bridgehead atoms. The van der Waals surface area contributed by atoms with E-state index in [2.05, 4.69) is 15.5 Å².